The molecule has 0 bridgehead atoms. The van der Waals surface area contributed by atoms with Crippen molar-refractivity contribution in [2.75, 3.05) is 7.05 Å². The molecule has 0 saturated heterocycles. The van der Waals surface area contributed by atoms with Gasteiger partial charge in [0, 0.05) is 24.5 Å². The first-order valence-electron chi connectivity index (χ1n) is 8.07. The second kappa shape index (κ2) is 7.76. The molecule has 2 heterocycles. The normalized spacial score (nSPS) is 11.0. The minimum atomic E-state index is -0.283. The zero-order chi connectivity index (χ0) is 17.6. The molecule has 0 saturated carbocycles. The Morgan fingerprint density at radius 1 is 1.28 bits per heavy atom. The van der Waals surface area contributed by atoms with Crippen molar-refractivity contribution in [2.45, 2.75) is 26.6 Å². The predicted octanol–water partition coefficient (Wildman–Crippen LogP) is 2.27. The molecule has 0 aliphatic rings. The quantitative estimate of drug-likeness (QED) is 0.689. The van der Waals surface area contributed by atoms with Crippen molar-refractivity contribution in [3.8, 4) is 0 Å². The number of aromatic nitrogens is 3. The zero-order valence-electron chi connectivity index (χ0n) is 14.3. The van der Waals surface area contributed by atoms with Gasteiger partial charge in [-0.1, -0.05) is 35.5 Å². The van der Waals surface area contributed by atoms with E-state index in [2.05, 4.69) is 37.5 Å². The maximum Gasteiger partial charge on any atom is 0.273 e. The fourth-order valence-electron chi connectivity index (χ4n) is 2.52. The van der Waals surface area contributed by atoms with Gasteiger partial charge in [0.15, 0.2) is 11.5 Å². The lowest BCUT2D eigenvalue weighted by molar-refractivity contribution is 0.0940. The molecule has 130 valence electrons. The summed E-state index contributed by atoms with van der Waals surface area (Å²) in [4.78, 5) is 21.4. The SMILES string of the molecule is Cc1cnc(CNC(=O)c2cc(CN(C)Cc3ccccc3)on2)[nH]1. The Kier molecular flexibility index (Phi) is 5.25. The number of aryl methyl sites for hydroxylation is 1. The van der Waals surface area contributed by atoms with Crippen LogP contribution in [0.2, 0.25) is 0 Å². The molecule has 0 fully saturated rings. The van der Waals surface area contributed by atoms with Crippen LogP contribution in [-0.2, 0) is 19.6 Å². The summed E-state index contributed by atoms with van der Waals surface area (Å²) in [5.74, 6) is 1.07. The van der Waals surface area contributed by atoms with Crippen LogP contribution in [0.1, 0.15) is 33.3 Å². The summed E-state index contributed by atoms with van der Waals surface area (Å²) in [6.07, 6.45) is 1.72. The van der Waals surface area contributed by atoms with Gasteiger partial charge in [-0.05, 0) is 19.5 Å². The lowest BCUT2D eigenvalue weighted by Crippen LogP contribution is -2.23. The minimum Gasteiger partial charge on any atom is -0.359 e. The van der Waals surface area contributed by atoms with E-state index < -0.39 is 0 Å². The number of nitrogens with one attached hydrogen (secondary N) is 2. The van der Waals surface area contributed by atoms with Crippen molar-refractivity contribution < 1.29 is 9.32 Å². The van der Waals surface area contributed by atoms with Crippen molar-refractivity contribution in [1.82, 2.24) is 25.3 Å². The first kappa shape index (κ1) is 16.9. The molecular formula is C18H21N5O2. The number of nitrogens with zero attached hydrogens (tertiary/aromatic N) is 3. The third-order valence-electron chi connectivity index (χ3n) is 3.68. The zero-order valence-corrected chi connectivity index (χ0v) is 14.3. The Morgan fingerprint density at radius 2 is 2.08 bits per heavy atom. The molecule has 1 amide bonds. The molecule has 3 rings (SSSR count). The van der Waals surface area contributed by atoms with Crippen LogP contribution in [0, 0.1) is 6.92 Å². The second-order valence-electron chi connectivity index (χ2n) is 6.03. The molecule has 0 aliphatic heterocycles. The number of carbonyl (C=O) groups is 1. The van der Waals surface area contributed by atoms with Crippen LogP contribution in [0.4, 0.5) is 0 Å². The Bertz CT molecular complexity index is 825. The second-order valence-corrected chi connectivity index (χ2v) is 6.03. The minimum absolute atomic E-state index is 0.270. The van der Waals surface area contributed by atoms with Gasteiger partial charge in [-0.3, -0.25) is 9.69 Å². The van der Waals surface area contributed by atoms with E-state index in [0.717, 1.165) is 12.2 Å². The van der Waals surface area contributed by atoms with Crippen LogP contribution in [0.15, 0.2) is 47.1 Å². The maximum atomic E-state index is 12.1. The van der Waals surface area contributed by atoms with E-state index in [1.54, 1.807) is 12.3 Å². The molecule has 3 aromatic rings. The predicted molar refractivity (Wildman–Crippen MR) is 92.6 cm³/mol. The summed E-state index contributed by atoms with van der Waals surface area (Å²) in [6, 6.07) is 11.8. The van der Waals surface area contributed by atoms with Crippen LogP contribution < -0.4 is 5.32 Å². The van der Waals surface area contributed by atoms with Gasteiger partial charge < -0.3 is 14.8 Å². The molecule has 0 spiro atoms. The average molecular weight is 339 g/mol. The van der Waals surface area contributed by atoms with Gasteiger partial charge >= 0.3 is 0 Å². The number of hydrogen-bond acceptors (Lipinski definition) is 5. The van der Waals surface area contributed by atoms with Crippen LogP contribution in [0.25, 0.3) is 0 Å². The third kappa shape index (κ3) is 4.77. The van der Waals surface area contributed by atoms with E-state index in [9.17, 15) is 4.79 Å². The van der Waals surface area contributed by atoms with E-state index in [0.29, 0.717) is 24.7 Å². The number of aromatic amines is 1. The molecular weight excluding hydrogens is 318 g/mol. The van der Waals surface area contributed by atoms with E-state index in [4.69, 9.17) is 4.52 Å². The molecule has 1 aromatic carbocycles. The van der Waals surface area contributed by atoms with Crippen LogP contribution in [0.3, 0.4) is 0 Å². The van der Waals surface area contributed by atoms with Crippen LogP contribution in [0.5, 0.6) is 0 Å². The highest BCUT2D eigenvalue weighted by Gasteiger charge is 2.14. The molecule has 2 aromatic heterocycles. The highest BCUT2D eigenvalue weighted by atomic mass is 16.5. The van der Waals surface area contributed by atoms with E-state index in [-0.39, 0.29) is 11.6 Å². The Balaban J connectivity index is 1.51. The number of carbonyl (C=O) groups excluding carboxylic acids is 1. The molecule has 25 heavy (non-hydrogen) atoms. The number of hydrogen-bond donors (Lipinski definition) is 2. The number of benzene rings is 1. The molecule has 0 atom stereocenters. The van der Waals surface area contributed by atoms with Gasteiger partial charge in [0.2, 0.25) is 0 Å². The van der Waals surface area contributed by atoms with E-state index >= 15 is 0 Å². The number of rotatable bonds is 7. The van der Waals surface area contributed by atoms with Crippen LogP contribution in [-0.4, -0.2) is 33.0 Å². The van der Waals surface area contributed by atoms with E-state index in [1.807, 2.05) is 32.2 Å². The Labute approximate surface area is 146 Å². The highest BCUT2D eigenvalue weighted by molar-refractivity contribution is 5.92. The lowest BCUT2D eigenvalue weighted by atomic mass is 10.2. The standard InChI is InChI=1S/C18H21N5O2/c1-13-9-19-17(21-13)10-20-18(24)16-8-15(25-22-16)12-23(2)11-14-6-4-3-5-7-14/h3-9H,10-12H2,1-2H3,(H,19,21)(H,20,24). The van der Waals surface area contributed by atoms with Gasteiger partial charge in [0.05, 0.1) is 13.1 Å². The molecule has 0 unspecified atom stereocenters. The fourth-order valence-corrected chi connectivity index (χ4v) is 2.52. The molecule has 7 heteroatoms. The monoisotopic (exact) mass is 339 g/mol. The summed E-state index contributed by atoms with van der Waals surface area (Å²) < 4.78 is 5.27. The summed E-state index contributed by atoms with van der Waals surface area (Å²) >= 11 is 0. The highest BCUT2D eigenvalue weighted by Crippen LogP contribution is 2.10. The summed E-state index contributed by atoms with van der Waals surface area (Å²) in [5, 5.41) is 6.62. The summed E-state index contributed by atoms with van der Waals surface area (Å²) in [5.41, 5.74) is 2.44. The topological polar surface area (TPSA) is 87.1 Å². The van der Waals surface area contributed by atoms with Crippen molar-refractivity contribution in [1.29, 1.82) is 0 Å². The van der Waals surface area contributed by atoms with Crippen molar-refractivity contribution >= 4 is 5.91 Å². The molecule has 2 N–H and O–H groups in total. The third-order valence-corrected chi connectivity index (χ3v) is 3.68. The average Bonchev–Trinajstić information content (AvgIpc) is 3.22. The fraction of sp³-hybridized carbons (Fsp3) is 0.278. The summed E-state index contributed by atoms with van der Waals surface area (Å²) in [6.45, 7) is 3.60. The Hall–Kier alpha value is -2.93. The number of imidazole rings is 1. The first-order chi connectivity index (χ1) is 12.1. The lowest BCUT2D eigenvalue weighted by Gasteiger charge is -2.14. The number of H-pyrrole nitrogens is 1. The smallest absolute Gasteiger partial charge is 0.273 e. The van der Waals surface area contributed by atoms with E-state index in [1.165, 1.54) is 5.56 Å². The molecule has 7 nitrogen and oxygen atoms in total. The van der Waals surface area contributed by atoms with Gasteiger partial charge in [0.1, 0.15) is 5.82 Å². The van der Waals surface area contributed by atoms with Crippen molar-refractivity contribution in [3.63, 3.8) is 0 Å². The van der Waals surface area contributed by atoms with Crippen molar-refractivity contribution in [3.05, 3.63) is 71.1 Å². The van der Waals surface area contributed by atoms with Gasteiger partial charge in [-0.2, -0.15) is 0 Å². The van der Waals surface area contributed by atoms with Gasteiger partial charge in [-0.25, -0.2) is 4.98 Å². The summed E-state index contributed by atoms with van der Waals surface area (Å²) in [7, 11) is 1.99. The molecule has 0 radical (unpaired) electrons. The first-order valence-corrected chi connectivity index (χ1v) is 8.07. The van der Waals surface area contributed by atoms with Gasteiger partial charge in [0.25, 0.3) is 5.91 Å². The number of amides is 1. The van der Waals surface area contributed by atoms with Crippen LogP contribution >= 0.6 is 0 Å². The largest absolute Gasteiger partial charge is 0.359 e. The maximum absolute atomic E-state index is 12.1. The molecule has 0 aliphatic carbocycles. The van der Waals surface area contributed by atoms with Crippen molar-refractivity contribution in [2.24, 2.45) is 0 Å². The van der Waals surface area contributed by atoms with Gasteiger partial charge in [-0.15, -0.1) is 0 Å². The Morgan fingerprint density at radius 3 is 2.80 bits per heavy atom.